The maximum Gasteiger partial charge on any atom is 0.253 e. The summed E-state index contributed by atoms with van der Waals surface area (Å²) in [5.41, 5.74) is 2.35. The van der Waals surface area contributed by atoms with Crippen LogP contribution >= 0.6 is 0 Å². The molecule has 0 saturated heterocycles. The van der Waals surface area contributed by atoms with Gasteiger partial charge >= 0.3 is 0 Å². The van der Waals surface area contributed by atoms with Crippen LogP contribution in [0.3, 0.4) is 0 Å². The second-order valence-electron chi connectivity index (χ2n) is 4.69. The van der Waals surface area contributed by atoms with E-state index in [9.17, 15) is 4.79 Å². The monoisotopic (exact) mass is 271 g/mol. The van der Waals surface area contributed by atoms with Crippen LogP contribution < -0.4 is 0 Å². The van der Waals surface area contributed by atoms with Crippen LogP contribution in [0.1, 0.15) is 16.2 Å². The van der Waals surface area contributed by atoms with Crippen molar-refractivity contribution in [2.75, 3.05) is 14.1 Å². The summed E-state index contributed by atoms with van der Waals surface area (Å²) in [4.78, 5) is 17.8. The third-order valence-electron chi connectivity index (χ3n) is 2.98. The third kappa shape index (κ3) is 1.95. The van der Waals surface area contributed by atoms with Crippen LogP contribution in [0.2, 0.25) is 0 Å². The number of carbonyl (C=O) groups excluding carboxylic acids is 1. The molecular formula is C14H13N3O3. The van der Waals surface area contributed by atoms with Crippen molar-refractivity contribution < 1.29 is 13.7 Å². The molecule has 0 fully saturated rings. The van der Waals surface area contributed by atoms with Crippen molar-refractivity contribution in [3.05, 3.63) is 35.9 Å². The number of fused-ring (bicyclic) bond motifs is 1. The van der Waals surface area contributed by atoms with E-state index in [1.165, 1.54) is 11.2 Å². The number of hydrogen-bond acceptors (Lipinski definition) is 5. The Morgan fingerprint density at radius 2 is 2.10 bits per heavy atom. The highest BCUT2D eigenvalue weighted by Crippen LogP contribution is 2.28. The molecule has 0 bridgehead atoms. The van der Waals surface area contributed by atoms with E-state index in [1.54, 1.807) is 39.2 Å². The lowest BCUT2D eigenvalue weighted by atomic mass is 10.1. The average molecular weight is 271 g/mol. The number of carbonyl (C=O) groups is 1. The largest absolute Gasteiger partial charge is 0.449 e. The van der Waals surface area contributed by atoms with Gasteiger partial charge in [0.2, 0.25) is 0 Å². The van der Waals surface area contributed by atoms with Crippen LogP contribution in [0.5, 0.6) is 0 Å². The van der Waals surface area contributed by atoms with Gasteiger partial charge in [0.05, 0.1) is 5.39 Å². The summed E-state index contributed by atoms with van der Waals surface area (Å²) in [5, 5.41) is 4.74. The van der Waals surface area contributed by atoms with Gasteiger partial charge in [0.15, 0.2) is 11.5 Å². The minimum absolute atomic E-state index is 0.0737. The Morgan fingerprint density at radius 1 is 1.30 bits per heavy atom. The maximum absolute atomic E-state index is 12.0. The highest BCUT2D eigenvalue weighted by Gasteiger charge is 2.16. The lowest BCUT2D eigenvalue weighted by Gasteiger charge is -2.09. The van der Waals surface area contributed by atoms with Crippen molar-refractivity contribution in [2.24, 2.45) is 0 Å². The zero-order valence-electron chi connectivity index (χ0n) is 11.4. The van der Waals surface area contributed by atoms with Gasteiger partial charge in [-0.3, -0.25) is 4.79 Å². The Bertz CT molecular complexity index is 786. The number of benzene rings is 1. The molecule has 0 aliphatic carbocycles. The first kappa shape index (κ1) is 12.4. The fraction of sp³-hybridized carbons (Fsp3) is 0.214. The lowest BCUT2D eigenvalue weighted by Crippen LogP contribution is -2.21. The molecule has 0 saturated carbocycles. The number of aryl methyl sites for hydroxylation is 1. The minimum atomic E-state index is -0.0737. The molecule has 20 heavy (non-hydrogen) atoms. The van der Waals surface area contributed by atoms with Crippen molar-refractivity contribution >= 4 is 16.9 Å². The molecular weight excluding hydrogens is 258 g/mol. The average Bonchev–Trinajstić information content (AvgIpc) is 3.02. The molecule has 0 atom stereocenters. The Hall–Kier alpha value is -2.63. The third-order valence-corrected chi connectivity index (χ3v) is 2.98. The van der Waals surface area contributed by atoms with Gasteiger partial charge < -0.3 is 13.8 Å². The van der Waals surface area contributed by atoms with Gasteiger partial charge in [-0.2, -0.15) is 0 Å². The predicted molar refractivity (Wildman–Crippen MR) is 72.3 cm³/mol. The van der Waals surface area contributed by atoms with Crippen molar-refractivity contribution in [1.29, 1.82) is 0 Å². The standard InChI is InChI=1S/C14H13N3O3/c1-8-15-11(7-19-8)13-10-6-9(14(18)17(2)3)4-5-12(10)20-16-13/h4-7H,1-3H3. The topological polar surface area (TPSA) is 72.4 Å². The van der Waals surface area contributed by atoms with Crippen LogP contribution in [0.4, 0.5) is 0 Å². The quantitative estimate of drug-likeness (QED) is 0.716. The van der Waals surface area contributed by atoms with Gasteiger partial charge in [0, 0.05) is 26.6 Å². The van der Waals surface area contributed by atoms with Gasteiger partial charge in [-0.25, -0.2) is 4.98 Å². The highest BCUT2D eigenvalue weighted by atomic mass is 16.5. The van der Waals surface area contributed by atoms with Crippen molar-refractivity contribution in [3.63, 3.8) is 0 Å². The molecule has 0 spiro atoms. The van der Waals surface area contributed by atoms with Gasteiger partial charge in [0.25, 0.3) is 5.91 Å². The van der Waals surface area contributed by atoms with Crippen molar-refractivity contribution in [1.82, 2.24) is 15.0 Å². The van der Waals surface area contributed by atoms with Crippen LogP contribution in [0.25, 0.3) is 22.4 Å². The molecule has 102 valence electrons. The molecule has 3 aromatic rings. The summed E-state index contributed by atoms with van der Waals surface area (Å²) >= 11 is 0. The first-order chi connectivity index (χ1) is 9.56. The van der Waals surface area contributed by atoms with Gasteiger partial charge in [0.1, 0.15) is 17.7 Å². The number of nitrogens with zero attached hydrogens (tertiary/aromatic N) is 3. The molecule has 3 rings (SSSR count). The van der Waals surface area contributed by atoms with Gasteiger partial charge in [-0.05, 0) is 18.2 Å². The van der Waals surface area contributed by atoms with E-state index in [1.807, 2.05) is 0 Å². The van der Waals surface area contributed by atoms with E-state index in [2.05, 4.69) is 10.1 Å². The first-order valence-electron chi connectivity index (χ1n) is 6.10. The Balaban J connectivity index is 2.15. The Kier molecular flexibility index (Phi) is 2.78. The molecule has 0 aliphatic heterocycles. The van der Waals surface area contributed by atoms with Crippen LogP contribution in [0.15, 0.2) is 33.4 Å². The van der Waals surface area contributed by atoms with E-state index in [-0.39, 0.29) is 5.91 Å². The van der Waals surface area contributed by atoms with E-state index < -0.39 is 0 Å². The summed E-state index contributed by atoms with van der Waals surface area (Å²) in [6, 6.07) is 5.21. The zero-order chi connectivity index (χ0) is 14.3. The van der Waals surface area contributed by atoms with E-state index in [0.717, 1.165) is 5.39 Å². The maximum atomic E-state index is 12.0. The number of rotatable bonds is 2. The zero-order valence-corrected chi connectivity index (χ0v) is 11.4. The Morgan fingerprint density at radius 3 is 2.75 bits per heavy atom. The number of amides is 1. The van der Waals surface area contributed by atoms with Gasteiger partial charge in [-0.15, -0.1) is 0 Å². The lowest BCUT2D eigenvalue weighted by molar-refractivity contribution is 0.0828. The molecule has 1 amide bonds. The van der Waals surface area contributed by atoms with Gasteiger partial charge in [-0.1, -0.05) is 5.16 Å². The molecule has 2 heterocycles. The molecule has 2 aromatic heterocycles. The molecule has 0 aliphatic rings. The minimum Gasteiger partial charge on any atom is -0.449 e. The molecule has 0 unspecified atom stereocenters. The Labute approximate surface area is 115 Å². The highest BCUT2D eigenvalue weighted by molar-refractivity contribution is 6.00. The summed E-state index contributed by atoms with van der Waals surface area (Å²) < 4.78 is 10.4. The van der Waals surface area contributed by atoms with E-state index in [0.29, 0.717) is 28.4 Å². The normalized spacial score (nSPS) is 10.9. The molecule has 0 N–H and O–H groups in total. The number of oxazole rings is 1. The molecule has 6 nitrogen and oxygen atoms in total. The summed E-state index contributed by atoms with van der Waals surface area (Å²) in [6.07, 6.45) is 1.52. The fourth-order valence-corrected chi connectivity index (χ4v) is 1.99. The fourth-order valence-electron chi connectivity index (χ4n) is 1.99. The number of hydrogen-bond donors (Lipinski definition) is 0. The van der Waals surface area contributed by atoms with Crippen LogP contribution in [-0.2, 0) is 0 Å². The summed E-state index contributed by atoms with van der Waals surface area (Å²) in [5.74, 6) is 0.479. The van der Waals surface area contributed by atoms with Crippen LogP contribution in [0, 0.1) is 6.92 Å². The predicted octanol–water partition coefficient (Wildman–Crippen LogP) is 2.49. The van der Waals surface area contributed by atoms with E-state index in [4.69, 9.17) is 8.94 Å². The summed E-state index contributed by atoms with van der Waals surface area (Å²) in [6.45, 7) is 1.76. The van der Waals surface area contributed by atoms with E-state index >= 15 is 0 Å². The SMILES string of the molecule is Cc1nc(-c2noc3ccc(C(=O)N(C)C)cc23)co1. The molecule has 1 aromatic carbocycles. The molecule has 6 heteroatoms. The first-order valence-corrected chi connectivity index (χ1v) is 6.10. The second kappa shape index (κ2) is 4.48. The summed E-state index contributed by atoms with van der Waals surface area (Å²) in [7, 11) is 3.42. The molecule has 0 radical (unpaired) electrons. The second-order valence-corrected chi connectivity index (χ2v) is 4.69. The van der Waals surface area contributed by atoms with Crippen molar-refractivity contribution in [3.8, 4) is 11.4 Å². The van der Waals surface area contributed by atoms with Crippen molar-refractivity contribution in [2.45, 2.75) is 6.92 Å². The smallest absolute Gasteiger partial charge is 0.253 e. The van der Waals surface area contributed by atoms with Crippen LogP contribution in [-0.4, -0.2) is 35.0 Å². The number of aromatic nitrogens is 2.